The average molecular weight is 215 g/mol. The fourth-order valence-electron chi connectivity index (χ4n) is 1.60. The molecule has 0 saturated carbocycles. The van der Waals surface area contributed by atoms with Crippen LogP contribution in [0, 0.1) is 5.41 Å². The third kappa shape index (κ3) is 3.16. The zero-order valence-corrected chi connectivity index (χ0v) is 11.5. The van der Waals surface area contributed by atoms with Gasteiger partial charge in [0.1, 0.15) is 0 Å². The second kappa shape index (κ2) is 4.81. The molecule has 15 heavy (non-hydrogen) atoms. The first-order valence-corrected chi connectivity index (χ1v) is 5.87. The number of nitrogens with zero attached hydrogens (tertiary/aromatic N) is 1. The number of rotatable bonds is 4. The van der Waals surface area contributed by atoms with Gasteiger partial charge in [0.25, 0.3) is 0 Å². The molecule has 0 bridgehead atoms. The van der Waals surface area contributed by atoms with E-state index in [1.54, 1.807) is 0 Å². The van der Waals surface area contributed by atoms with Crippen LogP contribution in [-0.4, -0.2) is 22.6 Å². The van der Waals surface area contributed by atoms with Crippen molar-refractivity contribution in [3.8, 4) is 0 Å². The van der Waals surface area contributed by atoms with Gasteiger partial charge in [-0.25, -0.2) is 5.01 Å². The van der Waals surface area contributed by atoms with Crippen LogP contribution in [0.4, 0.5) is 0 Å². The lowest BCUT2D eigenvalue weighted by atomic mass is 9.82. The Balaban J connectivity index is 4.89. The van der Waals surface area contributed by atoms with Gasteiger partial charge in [0, 0.05) is 17.6 Å². The smallest absolute Gasteiger partial charge is 0.0472 e. The summed E-state index contributed by atoms with van der Waals surface area (Å²) < 4.78 is 0. The molecule has 3 unspecified atom stereocenters. The standard InChI is InChI=1S/C12H29N3/c1-8-12(7,9(2)13)15(14)10(3)11(4,5)6/h9-10H,8,13-14H2,1-7H3. The Hall–Kier alpha value is -0.120. The number of hydrogen-bond acceptors (Lipinski definition) is 3. The molecule has 0 radical (unpaired) electrons. The molecule has 0 saturated heterocycles. The van der Waals surface area contributed by atoms with E-state index in [0.29, 0.717) is 6.04 Å². The van der Waals surface area contributed by atoms with E-state index in [-0.39, 0.29) is 17.0 Å². The monoisotopic (exact) mass is 215 g/mol. The van der Waals surface area contributed by atoms with Crippen LogP contribution in [0.5, 0.6) is 0 Å². The molecule has 0 spiro atoms. The maximum Gasteiger partial charge on any atom is 0.0472 e. The molecule has 3 atom stereocenters. The van der Waals surface area contributed by atoms with Crippen LogP contribution in [0.2, 0.25) is 0 Å². The minimum Gasteiger partial charge on any atom is -0.326 e. The van der Waals surface area contributed by atoms with E-state index in [1.165, 1.54) is 0 Å². The van der Waals surface area contributed by atoms with Crippen molar-refractivity contribution >= 4 is 0 Å². The number of hydrogen-bond donors (Lipinski definition) is 2. The minimum atomic E-state index is -0.132. The van der Waals surface area contributed by atoms with E-state index >= 15 is 0 Å². The summed E-state index contributed by atoms with van der Waals surface area (Å²) in [5, 5.41) is 1.94. The van der Waals surface area contributed by atoms with Crippen molar-refractivity contribution in [2.45, 2.75) is 72.5 Å². The Kier molecular flexibility index (Phi) is 4.77. The van der Waals surface area contributed by atoms with Gasteiger partial charge < -0.3 is 5.73 Å². The molecular formula is C12H29N3. The quantitative estimate of drug-likeness (QED) is 0.558. The van der Waals surface area contributed by atoms with Gasteiger partial charge in [-0.15, -0.1) is 0 Å². The lowest BCUT2D eigenvalue weighted by Gasteiger charge is -2.47. The normalized spacial score (nSPS) is 21.2. The fourth-order valence-corrected chi connectivity index (χ4v) is 1.60. The van der Waals surface area contributed by atoms with Gasteiger partial charge in [-0.2, -0.15) is 0 Å². The summed E-state index contributed by atoms with van der Waals surface area (Å²) in [6.07, 6.45) is 0.960. The van der Waals surface area contributed by atoms with Crippen LogP contribution in [0.1, 0.15) is 54.9 Å². The van der Waals surface area contributed by atoms with E-state index in [1.807, 2.05) is 11.9 Å². The van der Waals surface area contributed by atoms with Crippen LogP contribution in [0.25, 0.3) is 0 Å². The molecule has 0 aromatic carbocycles. The van der Waals surface area contributed by atoms with Gasteiger partial charge in [0.2, 0.25) is 0 Å². The van der Waals surface area contributed by atoms with Crippen molar-refractivity contribution in [2.24, 2.45) is 17.0 Å². The van der Waals surface area contributed by atoms with Gasteiger partial charge in [-0.3, -0.25) is 5.84 Å². The average Bonchev–Trinajstić information content (AvgIpc) is 2.12. The molecular weight excluding hydrogens is 186 g/mol. The van der Waals surface area contributed by atoms with E-state index in [4.69, 9.17) is 11.6 Å². The highest BCUT2D eigenvalue weighted by Crippen LogP contribution is 2.29. The van der Waals surface area contributed by atoms with Crippen molar-refractivity contribution in [3.63, 3.8) is 0 Å². The first-order chi connectivity index (χ1) is 6.57. The zero-order valence-electron chi connectivity index (χ0n) is 11.5. The van der Waals surface area contributed by atoms with Gasteiger partial charge in [-0.1, -0.05) is 27.7 Å². The Morgan fingerprint density at radius 3 is 1.73 bits per heavy atom. The summed E-state index contributed by atoms with van der Waals surface area (Å²) in [5.74, 6) is 6.25. The van der Waals surface area contributed by atoms with E-state index in [9.17, 15) is 0 Å². The van der Waals surface area contributed by atoms with Crippen molar-refractivity contribution < 1.29 is 0 Å². The van der Waals surface area contributed by atoms with E-state index < -0.39 is 0 Å². The number of nitrogens with two attached hydrogens (primary N) is 2. The summed E-state index contributed by atoms with van der Waals surface area (Å²) >= 11 is 0. The van der Waals surface area contributed by atoms with Crippen LogP contribution < -0.4 is 11.6 Å². The Morgan fingerprint density at radius 1 is 1.13 bits per heavy atom. The molecule has 0 aliphatic carbocycles. The van der Waals surface area contributed by atoms with Crippen LogP contribution in [0.3, 0.4) is 0 Å². The lowest BCUT2D eigenvalue weighted by molar-refractivity contribution is -0.00315. The summed E-state index contributed by atoms with van der Waals surface area (Å²) in [4.78, 5) is 0. The molecule has 0 aromatic heterocycles. The largest absolute Gasteiger partial charge is 0.326 e. The molecule has 0 aliphatic heterocycles. The summed E-state index contributed by atoms with van der Waals surface area (Å²) in [7, 11) is 0. The molecule has 0 rings (SSSR count). The van der Waals surface area contributed by atoms with Crippen molar-refractivity contribution in [3.05, 3.63) is 0 Å². The second-order valence-corrected chi connectivity index (χ2v) is 5.95. The van der Waals surface area contributed by atoms with Gasteiger partial charge >= 0.3 is 0 Å². The van der Waals surface area contributed by atoms with Crippen molar-refractivity contribution in [1.82, 2.24) is 5.01 Å². The second-order valence-electron chi connectivity index (χ2n) is 5.95. The third-order valence-electron chi connectivity index (χ3n) is 3.96. The van der Waals surface area contributed by atoms with E-state index in [2.05, 4.69) is 41.5 Å². The van der Waals surface area contributed by atoms with Crippen molar-refractivity contribution in [2.75, 3.05) is 0 Å². The highest BCUT2D eigenvalue weighted by Gasteiger charge is 2.38. The summed E-state index contributed by atoms with van der Waals surface area (Å²) in [5.41, 5.74) is 6.08. The molecule has 0 aliphatic rings. The maximum absolute atomic E-state index is 6.25. The maximum atomic E-state index is 6.25. The summed E-state index contributed by atoms with van der Waals surface area (Å²) in [6.45, 7) is 15.1. The zero-order chi connectivity index (χ0) is 12.4. The van der Waals surface area contributed by atoms with Crippen LogP contribution in [0.15, 0.2) is 0 Å². The predicted octanol–water partition coefficient (Wildman–Crippen LogP) is 2.11. The first kappa shape index (κ1) is 14.9. The van der Waals surface area contributed by atoms with Crippen LogP contribution in [-0.2, 0) is 0 Å². The predicted molar refractivity (Wildman–Crippen MR) is 67.3 cm³/mol. The molecule has 92 valence electrons. The Labute approximate surface area is 95.2 Å². The Morgan fingerprint density at radius 2 is 1.53 bits per heavy atom. The third-order valence-corrected chi connectivity index (χ3v) is 3.96. The molecule has 0 amide bonds. The Bertz CT molecular complexity index is 196. The molecule has 4 N–H and O–H groups in total. The summed E-state index contributed by atoms with van der Waals surface area (Å²) in [6, 6.07) is 0.366. The van der Waals surface area contributed by atoms with E-state index in [0.717, 1.165) is 6.42 Å². The van der Waals surface area contributed by atoms with Crippen molar-refractivity contribution in [1.29, 1.82) is 0 Å². The molecule has 0 aromatic rings. The minimum absolute atomic E-state index is 0.0669. The molecule has 3 heteroatoms. The highest BCUT2D eigenvalue weighted by atomic mass is 15.5. The lowest BCUT2D eigenvalue weighted by Crippen LogP contribution is -2.64. The number of hydrazine groups is 1. The van der Waals surface area contributed by atoms with Crippen LogP contribution >= 0.6 is 0 Å². The SMILES string of the molecule is CCC(C)(C(C)N)N(N)C(C)C(C)(C)C. The van der Waals surface area contributed by atoms with Gasteiger partial charge in [0.05, 0.1) is 0 Å². The first-order valence-electron chi connectivity index (χ1n) is 5.87. The highest BCUT2D eigenvalue weighted by molar-refractivity contribution is 4.94. The molecule has 0 heterocycles. The van der Waals surface area contributed by atoms with Gasteiger partial charge in [0.15, 0.2) is 0 Å². The molecule has 3 nitrogen and oxygen atoms in total. The van der Waals surface area contributed by atoms with Gasteiger partial charge in [-0.05, 0) is 32.6 Å². The molecule has 0 fully saturated rings. The topological polar surface area (TPSA) is 55.3 Å². The fraction of sp³-hybridized carbons (Fsp3) is 1.00.